The normalized spacial score (nSPS) is 12.8. The van der Waals surface area contributed by atoms with Crippen molar-refractivity contribution in [1.82, 2.24) is 14.6 Å². The van der Waals surface area contributed by atoms with Crippen LogP contribution in [0.4, 0.5) is 0 Å². The molecular formula is C12H16N4. The summed E-state index contributed by atoms with van der Waals surface area (Å²) in [4.78, 5) is 4.09. The number of unbranched alkanes of at least 4 members (excludes halogenated alkanes) is 1. The zero-order valence-electron chi connectivity index (χ0n) is 9.21. The summed E-state index contributed by atoms with van der Waals surface area (Å²) in [5.41, 5.74) is 8.19. The van der Waals surface area contributed by atoms with E-state index in [4.69, 9.17) is 5.73 Å². The molecule has 2 N–H and O–H groups in total. The first-order chi connectivity index (χ1) is 7.83. The highest BCUT2D eigenvalue weighted by Gasteiger charge is 2.11. The SMILES string of the molecule is C=CCCCC(N)c1cnn2ccncc12. The van der Waals surface area contributed by atoms with Crippen LogP contribution in [0.5, 0.6) is 0 Å². The molecule has 0 fully saturated rings. The molecule has 0 saturated heterocycles. The second-order valence-corrected chi connectivity index (χ2v) is 3.83. The minimum absolute atomic E-state index is 0.0293. The predicted octanol–water partition coefficient (Wildman–Crippen LogP) is 2.09. The molecule has 0 aliphatic carbocycles. The van der Waals surface area contributed by atoms with Crippen LogP contribution in [-0.2, 0) is 0 Å². The molecular weight excluding hydrogens is 200 g/mol. The number of fused-ring (bicyclic) bond motifs is 1. The summed E-state index contributed by atoms with van der Waals surface area (Å²) in [5.74, 6) is 0. The van der Waals surface area contributed by atoms with E-state index in [9.17, 15) is 0 Å². The largest absolute Gasteiger partial charge is 0.324 e. The maximum atomic E-state index is 6.13. The van der Waals surface area contributed by atoms with Gasteiger partial charge < -0.3 is 5.73 Å². The van der Waals surface area contributed by atoms with Crippen LogP contribution in [0, 0.1) is 0 Å². The van der Waals surface area contributed by atoms with Gasteiger partial charge in [0, 0.05) is 24.0 Å². The van der Waals surface area contributed by atoms with E-state index in [1.807, 2.05) is 18.5 Å². The molecule has 0 aliphatic rings. The summed E-state index contributed by atoms with van der Waals surface area (Å²) in [6.45, 7) is 3.70. The van der Waals surface area contributed by atoms with Crippen LogP contribution in [0.25, 0.3) is 5.52 Å². The van der Waals surface area contributed by atoms with Crippen LogP contribution in [0.1, 0.15) is 30.9 Å². The van der Waals surface area contributed by atoms with Crippen molar-refractivity contribution < 1.29 is 0 Å². The number of rotatable bonds is 5. The van der Waals surface area contributed by atoms with Crippen molar-refractivity contribution in [3.8, 4) is 0 Å². The van der Waals surface area contributed by atoms with Crippen molar-refractivity contribution in [2.24, 2.45) is 5.73 Å². The molecule has 1 unspecified atom stereocenters. The molecule has 0 aromatic carbocycles. The third kappa shape index (κ3) is 2.12. The first-order valence-electron chi connectivity index (χ1n) is 5.46. The van der Waals surface area contributed by atoms with Crippen molar-refractivity contribution in [2.75, 3.05) is 0 Å². The van der Waals surface area contributed by atoms with Crippen LogP contribution in [0.2, 0.25) is 0 Å². The van der Waals surface area contributed by atoms with Gasteiger partial charge >= 0.3 is 0 Å². The minimum Gasteiger partial charge on any atom is -0.324 e. The topological polar surface area (TPSA) is 56.2 Å². The van der Waals surface area contributed by atoms with Gasteiger partial charge in [0.2, 0.25) is 0 Å². The van der Waals surface area contributed by atoms with Crippen LogP contribution in [0.15, 0.2) is 37.4 Å². The molecule has 0 saturated carbocycles. The predicted molar refractivity (Wildman–Crippen MR) is 64.0 cm³/mol. The van der Waals surface area contributed by atoms with Gasteiger partial charge in [-0.15, -0.1) is 6.58 Å². The summed E-state index contributed by atoms with van der Waals surface area (Å²) in [5, 5.41) is 4.24. The van der Waals surface area contributed by atoms with E-state index >= 15 is 0 Å². The van der Waals surface area contributed by atoms with Gasteiger partial charge in [-0.05, 0) is 19.3 Å². The van der Waals surface area contributed by atoms with E-state index in [0.717, 1.165) is 30.3 Å². The van der Waals surface area contributed by atoms with E-state index in [2.05, 4.69) is 16.7 Å². The van der Waals surface area contributed by atoms with Gasteiger partial charge in [0.05, 0.1) is 17.9 Å². The minimum atomic E-state index is 0.0293. The lowest BCUT2D eigenvalue weighted by molar-refractivity contribution is 0.620. The molecule has 1 atom stereocenters. The Labute approximate surface area is 94.8 Å². The third-order valence-corrected chi connectivity index (χ3v) is 2.68. The average molecular weight is 216 g/mol. The van der Waals surface area contributed by atoms with Crippen LogP contribution in [0.3, 0.4) is 0 Å². The summed E-state index contributed by atoms with van der Waals surface area (Å²) >= 11 is 0. The Balaban J connectivity index is 2.16. The van der Waals surface area contributed by atoms with Gasteiger partial charge in [0.15, 0.2) is 0 Å². The van der Waals surface area contributed by atoms with Crippen molar-refractivity contribution in [1.29, 1.82) is 0 Å². The van der Waals surface area contributed by atoms with Crippen LogP contribution >= 0.6 is 0 Å². The number of allylic oxidation sites excluding steroid dienone is 1. The Kier molecular flexibility index (Phi) is 3.31. The Bertz CT molecular complexity index is 475. The molecule has 2 rings (SSSR count). The highest BCUT2D eigenvalue weighted by Crippen LogP contribution is 2.20. The van der Waals surface area contributed by atoms with Gasteiger partial charge in [0.1, 0.15) is 0 Å². The molecule has 16 heavy (non-hydrogen) atoms. The number of hydrogen-bond donors (Lipinski definition) is 1. The lowest BCUT2D eigenvalue weighted by Gasteiger charge is -2.08. The summed E-state index contributed by atoms with van der Waals surface area (Å²) in [6, 6.07) is 0.0293. The maximum absolute atomic E-state index is 6.13. The van der Waals surface area contributed by atoms with Crippen LogP contribution in [-0.4, -0.2) is 14.6 Å². The average Bonchev–Trinajstić information content (AvgIpc) is 2.73. The summed E-state index contributed by atoms with van der Waals surface area (Å²) in [7, 11) is 0. The van der Waals surface area contributed by atoms with E-state index in [1.165, 1.54) is 0 Å². The Hall–Kier alpha value is -1.68. The molecule has 84 valence electrons. The molecule has 4 nitrogen and oxygen atoms in total. The van der Waals surface area contributed by atoms with Gasteiger partial charge in [-0.1, -0.05) is 6.08 Å². The Morgan fingerprint density at radius 3 is 3.19 bits per heavy atom. The molecule has 0 aliphatic heterocycles. The van der Waals surface area contributed by atoms with Crippen molar-refractivity contribution in [3.63, 3.8) is 0 Å². The summed E-state index contributed by atoms with van der Waals surface area (Å²) < 4.78 is 1.80. The van der Waals surface area contributed by atoms with Gasteiger partial charge in [-0.3, -0.25) is 4.98 Å². The zero-order valence-corrected chi connectivity index (χ0v) is 9.21. The second-order valence-electron chi connectivity index (χ2n) is 3.83. The fraction of sp³-hybridized carbons (Fsp3) is 0.333. The molecule has 0 radical (unpaired) electrons. The molecule has 2 aromatic rings. The number of aromatic nitrogens is 3. The lowest BCUT2D eigenvalue weighted by atomic mass is 10.0. The first-order valence-corrected chi connectivity index (χ1v) is 5.46. The third-order valence-electron chi connectivity index (χ3n) is 2.68. The fourth-order valence-corrected chi connectivity index (χ4v) is 1.78. The van der Waals surface area contributed by atoms with E-state index in [1.54, 1.807) is 16.9 Å². The Morgan fingerprint density at radius 2 is 2.38 bits per heavy atom. The quantitative estimate of drug-likeness (QED) is 0.615. The van der Waals surface area contributed by atoms with E-state index in [0.29, 0.717) is 0 Å². The molecule has 0 bridgehead atoms. The highest BCUT2D eigenvalue weighted by atomic mass is 15.2. The zero-order chi connectivity index (χ0) is 11.4. The maximum Gasteiger partial charge on any atom is 0.0892 e. The van der Waals surface area contributed by atoms with Crippen molar-refractivity contribution >= 4 is 5.52 Å². The van der Waals surface area contributed by atoms with Gasteiger partial charge in [-0.2, -0.15) is 5.10 Å². The van der Waals surface area contributed by atoms with E-state index in [-0.39, 0.29) is 6.04 Å². The van der Waals surface area contributed by atoms with Gasteiger partial charge in [-0.25, -0.2) is 4.52 Å². The van der Waals surface area contributed by atoms with Crippen molar-refractivity contribution in [3.05, 3.63) is 43.0 Å². The van der Waals surface area contributed by atoms with Crippen LogP contribution < -0.4 is 5.73 Å². The number of hydrogen-bond acceptors (Lipinski definition) is 3. The second kappa shape index (κ2) is 4.90. The molecule has 2 heterocycles. The van der Waals surface area contributed by atoms with E-state index < -0.39 is 0 Å². The Morgan fingerprint density at radius 1 is 1.50 bits per heavy atom. The molecule has 0 amide bonds. The fourth-order valence-electron chi connectivity index (χ4n) is 1.78. The van der Waals surface area contributed by atoms with Crippen molar-refractivity contribution in [2.45, 2.75) is 25.3 Å². The monoisotopic (exact) mass is 216 g/mol. The number of nitrogens with zero attached hydrogens (tertiary/aromatic N) is 3. The molecule has 0 spiro atoms. The number of nitrogens with two attached hydrogens (primary N) is 1. The van der Waals surface area contributed by atoms with Gasteiger partial charge in [0.25, 0.3) is 0 Å². The highest BCUT2D eigenvalue weighted by molar-refractivity contribution is 5.52. The lowest BCUT2D eigenvalue weighted by Crippen LogP contribution is -2.09. The molecule has 4 heteroatoms. The first kappa shape index (κ1) is 10.8. The smallest absolute Gasteiger partial charge is 0.0892 e. The summed E-state index contributed by atoms with van der Waals surface area (Å²) in [6.07, 6.45) is 12.1. The molecule has 2 aromatic heterocycles. The standard InChI is InChI=1S/C12H16N4/c1-2-3-4-5-11(13)10-8-15-16-7-6-14-9-12(10)16/h2,6-9,11H,1,3-5,13H2.